The molecule has 1 aliphatic carbocycles. The summed E-state index contributed by atoms with van der Waals surface area (Å²) < 4.78 is 11.4. The molecule has 3 N–H and O–H groups in total. The number of likely N-dealkylation sites (tertiary alicyclic amines) is 1. The van der Waals surface area contributed by atoms with Crippen molar-refractivity contribution in [3.05, 3.63) is 53.6 Å². The maximum absolute atomic E-state index is 12.4. The Morgan fingerprint density at radius 1 is 1.02 bits per heavy atom. The van der Waals surface area contributed by atoms with Gasteiger partial charge in [-0.15, -0.1) is 12.4 Å². The number of aryl methyl sites for hydroxylation is 1. The Labute approximate surface area is 258 Å². The van der Waals surface area contributed by atoms with E-state index in [4.69, 9.17) is 14.9 Å². The molecule has 2 aliphatic rings. The molecule has 4 rings (SSSR count). The van der Waals surface area contributed by atoms with Gasteiger partial charge in [-0.2, -0.15) is 0 Å². The van der Waals surface area contributed by atoms with E-state index in [1.54, 1.807) is 7.11 Å². The highest BCUT2D eigenvalue weighted by Crippen LogP contribution is 2.33. The number of hydrogen-bond acceptors (Lipinski definition) is 6. The monoisotopic (exact) mass is 599 g/mol. The Morgan fingerprint density at radius 2 is 1.74 bits per heavy atom. The van der Waals surface area contributed by atoms with Crippen LogP contribution in [0.2, 0.25) is 0 Å². The number of methoxy groups -OCH3 is 1. The van der Waals surface area contributed by atoms with Gasteiger partial charge in [0.15, 0.2) is 5.96 Å². The van der Waals surface area contributed by atoms with Crippen molar-refractivity contribution in [3.8, 4) is 16.9 Å². The molecule has 2 aromatic carbocycles. The maximum Gasteiger partial charge on any atom is 0.226 e. The van der Waals surface area contributed by atoms with Crippen LogP contribution < -0.4 is 15.4 Å². The second-order valence-corrected chi connectivity index (χ2v) is 11.8. The van der Waals surface area contributed by atoms with Gasteiger partial charge >= 0.3 is 0 Å². The Hall–Kier alpha value is -2.65. The summed E-state index contributed by atoms with van der Waals surface area (Å²) in [5.74, 6) is 1.57. The number of amides is 1. The Balaban J connectivity index is 0.00000484. The summed E-state index contributed by atoms with van der Waals surface area (Å²) in [6.45, 7) is 5.22. The number of carbonyl (C=O) groups excluding carboxylic acids is 1. The molecule has 1 saturated heterocycles. The normalized spacial score (nSPS) is 15.7. The number of carbonyl (C=O) groups is 1. The number of hydrogen-bond donors (Lipinski definition) is 3. The highest BCUT2D eigenvalue weighted by atomic mass is 35.5. The predicted octanol–water partition coefficient (Wildman–Crippen LogP) is 5.09. The van der Waals surface area contributed by atoms with Crippen molar-refractivity contribution in [3.63, 3.8) is 0 Å². The summed E-state index contributed by atoms with van der Waals surface area (Å²) in [6, 6.07) is 15.8. The molecule has 1 heterocycles. The highest BCUT2D eigenvalue weighted by molar-refractivity contribution is 5.95. The van der Waals surface area contributed by atoms with Gasteiger partial charge in [0.1, 0.15) is 5.75 Å². The van der Waals surface area contributed by atoms with Crippen molar-refractivity contribution in [2.75, 3.05) is 54.1 Å². The Bertz CT molecular complexity index is 1120. The zero-order valence-corrected chi connectivity index (χ0v) is 26.4. The van der Waals surface area contributed by atoms with Crippen LogP contribution in [0.5, 0.6) is 5.75 Å². The molecule has 0 radical (unpaired) electrons. The van der Waals surface area contributed by atoms with Crippen molar-refractivity contribution in [2.24, 2.45) is 5.92 Å². The molecule has 0 bridgehead atoms. The van der Waals surface area contributed by atoms with Gasteiger partial charge in [0, 0.05) is 51.3 Å². The van der Waals surface area contributed by atoms with Crippen molar-refractivity contribution >= 4 is 24.3 Å². The molecule has 0 spiro atoms. The van der Waals surface area contributed by atoms with Gasteiger partial charge in [-0.25, -0.2) is 0 Å². The van der Waals surface area contributed by atoms with Crippen molar-refractivity contribution in [1.82, 2.24) is 20.4 Å². The molecule has 0 unspecified atom stereocenters. The summed E-state index contributed by atoms with van der Waals surface area (Å²) in [7, 11) is 6.06. The second kappa shape index (κ2) is 17.5. The van der Waals surface area contributed by atoms with E-state index < -0.39 is 0 Å². The molecule has 0 atom stereocenters. The highest BCUT2D eigenvalue weighted by Gasteiger charge is 2.21. The first kappa shape index (κ1) is 33.8. The van der Waals surface area contributed by atoms with E-state index in [1.807, 2.05) is 0 Å². The lowest BCUT2D eigenvalue weighted by Gasteiger charge is -2.35. The molecule has 1 aliphatic heterocycles. The summed E-state index contributed by atoms with van der Waals surface area (Å²) in [5.41, 5.74) is 4.54. The molecule has 42 heavy (non-hydrogen) atoms. The number of nitrogens with zero attached hydrogens (tertiary/aromatic N) is 2. The van der Waals surface area contributed by atoms with E-state index >= 15 is 0 Å². The van der Waals surface area contributed by atoms with Crippen molar-refractivity contribution in [2.45, 2.75) is 64.0 Å². The fourth-order valence-corrected chi connectivity index (χ4v) is 5.42. The SMILES string of the molecule is COCCCOc1cc(CCC(=O)NC(=N)NCCC2CC2)ccc1-c1ccc(CN2CCC(N(C)C)CC2)cc1.Cl. The van der Waals surface area contributed by atoms with Gasteiger partial charge in [-0.3, -0.25) is 20.4 Å². The third-order valence-electron chi connectivity index (χ3n) is 8.21. The summed E-state index contributed by atoms with van der Waals surface area (Å²) in [6.07, 6.45) is 7.80. The fraction of sp³-hybridized carbons (Fsp3) is 0.576. The van der Waals surface area contributed by atoms with Crippen LogP contribution in [0.1, 0.15) is 56.1 Å². The molecule has 1 amide bonds. The van der Waals surface area contributed by atoms with Crippen LogP contribution in [-0.2, 0) is 22.5 Å². The van der Waals surface area contributed by atoms with Crippen LogP contribution in [0.3, 0.4) is 0 Å². The van der Waals surface area contributed by atoms with Gasteiger partial charge in [0.25, 0.3) is 0 Å². The van der Waals surface area contributed by atoms with E-state index in [9.17, 15) is 4.79 Å². The lowest BCUT2D eigenvalue weighted by atomic mass is 9.99. The summed E-state index contributed by atoms with van der Waals surface area (Å²) in [5, 5.41) is 13.6. The van der Waals surface area contributed by atoms with E-state index in [1.165, 1.54) is 31.2 Å². The molecule has 232 valence electrons. The standard InChI is InChI=1S/C33H49N5O3.ClH/c1-37(2)29-16-19-38(20-17-29)24-27-7-11-28(12-8-27)30-13-9-26(23-31(30)41-22-4-21-40-3)10-14-32(39)36-33(34)35-18-15-25-5-6-25;/h7-9,11-13,23,25,29H,4-6,10,14-22,24H2,1-3H3,(H3,34,35,36,39);1H. The molecule has 9 heteroatoms. The molecule has 2 aromatic rings. The Kier molecular flexibility index (Phi) is 14.1. The first-order valence-electron chi connectivity index (χ1n) is 15.3. The zero-order chi connectivity index (χ0) is 29.0. The quantitative estimate of drug-likeness (QED) is 0.150. The van der Waals surface area contributed by atoms with Crippen LogP contribution in [-0.4, -0.2) is 81.8 Å². The number of piperidine rings is 1. The molecule has 0 aromatic heterocycles. The number of guanidine groups is 1. The molecule has 8 nitrogen and oxygen atoms in total. The number of halogens is 1. The van der Waals surface area contributed by atoms with Crippen LogP contribution in [0.4, 0.5) is 0 Å². The third-order valence-corrected chi connectivity index (χ3v) is 8.21. The zero-order valence-electron chi connectivity index (χ0n) is 25.6. The van der Waals surface area contributed by atoms with Crippen molar-refractivity contribution in [1.29, 1.82) is 5.41 Å². The minimum absolute atomic E-state index is 0. The number of nitrogens with one attached hydrogen (secondary N) is 3. The largest absolute Gasteiger partial charge is 0.493 e. The third kappa shape index (κ3) is 11.2. The predicted molar refractivity (Wildman–Crippen MR) is 173 cm³/mol. The van der Waals surface area contributed by atoms with E-state index in [-0.39, 0.29) is 24.3 Å². The molecular weight excluding hydrogens is 550 g/mol. The number of rotatable bonds is 15. The van der Waals surface area contributed by atoms with Gasteiger partial charge in [0.2, 0.25) is 5.91 Å². The number of benzene rings is 2. The number of ether oxygens (including phenoxy) is 2. The summed E-state index contributed by atoms with van der Waals surface area (Å²) in [4.78, 5) is 17.3. The smallest absolute Gasteiger partial charge is 0.226 e. The second-order valence-electron chi connectivity index (χ2n) is 11.8. The van der Waals surface area contributed by atoms with Crippen LogP contribution >= 0.6 is 12.4 Å². The van der Waals surface area contributed by atoms with Crippen molar-refractivity contribution < 1.29 is 14.3 Å². The molecular formula is C33H50ClN5O3. The fourth-order valence-electron chi connectivity index (χ4n) is 5.42. The first-order valence-corrected chi connectivity index (χ1v) is 15.3. The topological polar surface area (TPSA) is 89.9 Å². The van der Waals surface area contributed by atoms with Gasteiger partial charge in [-0.05, 0) is 81.5 Å². The van der Waals surface area contributed by atoms with Crippen LogP contribution in [0.15, 0.2) is 42.5 Å². The van der Waals surface area contributed by atoms with Crippen LogP contribution in [0.25, 0.3) is 11.1 Å². The van der Waals surface area contributed by atoms with E-state index in [2.05, 4.69) is 77.0 Å². The van der Waals surface area contributed by atoms with Gasteiger partial charge in [0.05, 0.1) is 6.61 Å². The van der Waals surface area contributed by atoms with Crippen LogP contribution in [0, 0.1) is 11.3 Å². The average Bonchev–Trinajstić information content (AvgIpc) is 3.80. The minimum atomic E-state index is -0.151. The maximum atomic E-state index is 12.4. The average molecular weight is 600 g/mol. The van der Waals surface area contributed by atoms with E-state index in [0.717, 1.165) is 67.4 Å². The van der Waals surface area contributed by atoms with E-state index in [0.29, 0.717) is 32.1 Å². The molecule has 2 fully saturated rings. The minimum Gasteiger partial charge on any atom is -0.493 e. The summed E-state index contributed by atoms with van der Waals surface area (Å²) >= 11 is 0. The first-order chi connectivity index (χ1) is 19.9. The molecule has 1 saturated carbocycles. The van der Waals surface area contributed by atoms with Gasteiger partial charge in [-0.1, -0.05) is 49.2 Å². The lowest BCUT2D eigenvalue weighted by molar-refractivity contribution is -0.119. The van der Waals surface area contributed by atoms with Gasteiger partial charge < -0.3 is 19.7 Å². The lowest BCUT2D eigenvalue weighted by Crippen LogP contribution is -2.41. The Morgan fingerprint density at radius 3 is 2.40 bits per heavy atom.